The number of nitrogens with zero attached hydrogens (tertiary/aromatic N) is 1. The molecular weight excluding hydrogens is 316 g/mol. The van der Waals surface area contributed by atoms with E-state index in [9.17, 15) is 9.59 Å². The summed E-state index contributed by atoms with van der Waals surface area (Å²) in [5.41, 5.74) is 1.16. The third-order valence-electron chi connectivity index (χ3n) is 3.01. The Kier molecular flexibility index (Phi) is 5.60. The number of carbonyl (C=O) groups is 2. The highest BCUT2D eigenvalue weighted by molar-refractivity contribution is 6.30. The zero-order chi connectivity index (χ0) is 16.8. The second kappa shape index (κ2) is 7.65. The monoisotopic (exact) mass is 332 g/mol. The van der Waals surface area contributed by atoms with Crippen molar-refractivity contribution in [2.75, 3.05) is 26.0 Å². The van der Waals surface area contributed by atoms with E-state index >= 15 is 0 Å². The van der Waals surface area contributed by atoms with Crippen molar-refractivity contribution in [3.05, 3.63) is 59.1 Å². The van der Waals surface area contributed by atoms with Gasteiger partial charge in [-0.2, -0.15) is 0 Å². The Balaban J connectivity index is 1.87. The van der Waals surface area contributed by atoms with Crippen LogP contribution in [0.15, 0.2) is 48.5 Å². The first kappa shape index (κ1) is 16.8. The zero-order valence-electron chi connectivity index (χ0n) is 12.9. The molecule has 0 atom stereocenters. The SMILES string of the molecule is CN(C)C(=O)c1ccc(NC(=O)COc2ccc(Cl)cc2)cc1. The van der Waals surface area contributed by atoms with Crippen molar-refractivity contribution in [2.45, 2.75) is 0 Å². The van der Waals surface area contributed by atoms with Gasteiger partial charge in [-0.05, 0) is 48.5 Å². The normalized spacial score (nSPS) is 10.0. The number of carbonyl (C=O) groups excluding carboxylic acids is 2. The number of halogens is 1. The van der Waals surface area contributed by atoms with E-state index in [-0.39, 0.29) is 18.4 Å². The minimum absolute atomic E-state index is 0.0889. The van der Waals surface area contributed by atoms with Gasteiger partial charge in [0.05, 0.1) is 0 Å². The van der Waals surface area contributed by atoms with E-state index in [0.29, 0.717) is 22.0 Å². The van der Waals surface area contributed by atoms with Gasteiger partial charge in [0.25, 0.3) is 11.8 Å². The summed E-state index contributed by atoms with van der Waals surface area (Å²) in [6.45, 7) is -0.111. The van der Waals surface area contributed by atoms with Crippen LogP contribution < -0.4 is 10.1 Å². The fourth-order valence-corrected chi connectivity index (χ4v) is 1.96. The van der Waals surface area contributed by atoms with Gasteiger partial charge in [-0.3, -0.25) is 9.59 Å². The molecule has 2 amide bonds. The average Bonchev–Trinajstić information content (AvgIpc) is 2.54. The lowest BCUT2D eigenvalue weighted by Gasteiger charge is -2.11. The molecule has 2 aromatic carbocycles. The maximum atomic E-state index is 11.8. The summed E-state index contributed by atoms with van der Waals surface area (Å²) in [5.74, 6) is 0.192. The molecule has 0 aliphatic rings. The van der Waals surface area contributed by atoms with Gasteiger partial charge in [-0.25, -0.2) is 0 Å². The van der Waals surface area contributed by atoms with Crippen molar-refractivity contribution in [2.24, 2.45) is 0 Å². The van der Waals surface area contributed by atoms with Crippen LogP contribution in [0.1, 0.15) is 10.4 Å². The topological polar surface area (TPSA) is 58.6 Å². The Hall–Kier alpha value is -2.53. The van der Waals surface area contributed by atoms with Crippen LogP contribution in [0.25, 0.3) is 0 Å². The van der Waals surface area contributed by atoms with Crippen molar-refractivity contribution in [3.8, 4) is 5.75 Å². The van der Waals surface area contributed by atoms with Crippen LogP contribution >= 0.6 is 11.6 Å². The van der Waals surface area contributed by atoms with Crippen LogP contribution in [-0.4, -0.2) is 37.4 Å². The molecule has 1 N–H and O–H groups in total. The first-order chi connectivity index (χ1) is 11.0. The minimum atomic E-state index is -0.286. The number of ether oxygens (including phenoxy) is 1. The lowest BCUT2D eigenvalue weighted by atomic mass is 10.2. The van der Waals surface area contributed by atoms with E-state index in [1.54, 1.807) is 62.6 Å². The molecule has 0 aliphatic heterocycles. The number of hydrogen-bond acceptors (Lipinski definition) is 3. The Morgan fingerprint density at radius 1 is 1.04 bits per heavy atom. The standard InChI is InChI=1S/C17H17ClN2O3/c1-20(2)17(22)12-3-7-14(8-4-12)19-16(21)11-23-15-9-5-13(18)6-10-15/h3-10H,11H2,1-2H3,(H,19,21). The summed E-state index contributed by atoms with van der Waals surface area (Å²) in [6, 6.07) is 13.4. The van der Waals surface area contributed by atoms with Crippen LogP contribution in [0, 0.1) is 0 Å². The number of hydrogen-bond donors (Lipinski definition) is 1. The minimum Gasteiger partial charge on any atom is -0.484 e. The Morgan fingerprint density at radius 2 is 1.65 bits per heavy atom. The molecule has 0 unspecified atom stereocenters. The Morgan fingerprint density at radius 3 is 2.22 bits per heavy atom. The van der Waals surface area contributed by atoms with Crippen molar-refractivity contribution in [1.82, 2.24) is 4.90 Å². The van der Waals surface area contributed by atoms with E-state index in [1.807, 2.05) is 0 Å². The van der Waals surface area contributed by atoms with Gasteiger partial charge in [0, 0.05) is 30.4 Å². The van der Waals surface area contributed by atoms with E-state index in [4.69, 9.17) is 16.3 Å². The summed E-state index contributed by atoms with van der Waals surface area (Å²) >= 11 is 5.77. The number of anilines is 1. The molecule has 23 heavy (non-hydrogen) atoms. The molecule has 2 aromatic rings. The molecule has 2 rings (SSSR count). The molecular formula is C17H17ClN2O3. The number of benzene rings is 2. The molecule has 6 heteroatoms. The third kappa shape index (κ3) is 5.00. The molecule has 0 saturated carbocycles. The largest absolute Gasteiger partial charge is 0.484 e. The van der Waals surface area contributed by atoms with E-state index < -0.39 is 0 Å². The lowest BCUT2D eigenvalue weighted by molar-refractivity contribution is -0.118. The van der Waals surface area contributed by atoms with Crippen LogP contribution in [-0.2, 0) is 4.79 Å². The molecule has 0 saturated heterocycles. The summed E-state index contributed by atoms with van der Waals surface area (Å²) < 4.78 is 5.36. The zero-order valence-corrected chi connectivity index (χ0v) is 13.6. The fraction of sp³-hybridized carbons (Fsp3) is 0.176. The maximum Gasteiger partial charge on any atom is 0.262 e. The quantitative estimate of drug-likeness (QED) is 0.915. The molecule has 0 heterocycles. The summed E-state index contributed by atoms with van der Waals surface area (Å²) in [7, 11) is 3.37. The molecule has 0 fully saturated rings. The molecule has 0 aromatic heterocycles. The van der Waals surface area contributed by atoms with Gasteiger partial charge >= 0.3 is 0 Å². The van der Waals surface area contributed by atoms with E-state index in [1.165, 1.54) is 4.90 Å². The number of nitrogens with one attached hydrogen (secondary N) is 1. The Labute approximate surface area is 139 Å². The number of rotatable bonds is 5. The maximum absolute atomic E-state index is 11.8. The van der Waals surface area contributed by atoms with E-state index in [2.05, 4.69) is 5.32 Å². The van der Waals surface area contributed by atoms with Gasteiger partial charge in [-0.15, -0.1) is 0 Å². The number of amides is 2. The smallest absolute Gasteiger partial charge is 0.262 e. The third-order valence-corrected chi connectivity index (χ3v) is 3.26. The van der Waals surface area contributed by atoms with Gasteiger partial charge in [0.15, 0.2) is 6.61 Å². The highest BCUT2D eigenvalue weighted by atomic mass is 35.5. The van der Waals surface area contributed by atoms with Crippen molar-refractivity contribution < 1.29 is 14.3 Å². The molecule has 5 nitrogen and oxygen atoms in total. The van der Waals surface area contributed by atoms with Crippen LogP contribution in [0.2, 0.25) is 5.02 Å². The van der Waals surface area contributed by atoms with Crippen molar-refractivity contribution >= 4 is 29.1 Å². The van der Waals surface area contributed by atoms with Crippen LogP contribution in [0.4, 0.5) is 5.69 Å². The lowest BCUT2D eigenvalue weighted by Crippen LogP contribution is -2.22. The van der Waals surface area contributed by atoms with E-state index in [0.717, 1.165) is 0 Å². The highest BCUT2D eigenvalue weighted by Crippen LogP contribution is 2.15. The fourth-order valence-electron chi connectivity index (χ4n) is 1.83. The van der Waals surface area contributed by atoms with Crippen molar-refractivity contribution in [1.29, 1.82) is 0 Å². The predicted molar refractivity (Wildman–Crippen MR) is 90.0 cm³/mol. The molecule has 0 aliphatic carbocycles. The van der Waals surface area contributed by atoms with Gasteiger partial charge in [0.1, 0.15) is 5.75 Å². The molecule has 0 bridgehead atoms. The van der Waals surface area contributed by atoms with Gasteiger partial charge in [-0.1, -0.05) is 11.6 Å². The van der Waals surface area contributed by atoms with Crippen LogP contribution in [0.3, 0.4) is 0 Å². The summed E-state index contributed by atoms with van der Waals surface area (Å²) in [5, 5.41) is 3.31. The Bertz CT molecular complexity index is 682. The highest BCUT2D eigenvalue weighted by Gasteiger charge is 2.08. The predicted octanol–water partition coefficient (Wildman–Crippen LogP) is 3.06. The van der Waals surface area contributed by atoms with Crippen molar-refractivity contribution in [3.63, 3.8) is 0 Å². The second-order valence-corrected chi connectivity index (χ2v) is 5.50. The first-order valence-corrected chi connectivity index (χ1v) is 7.33. The summed E-state index contributed by atoms with van der Waals surface area (Å²) in [6.07, 6.45) is 0. The van der Waals surface area contributed by atoms with Gasteiger partial charge in [0.2, 0.25) is 0 Å². The molecule has 0 radical (unpaired) electrons. The second-order valence-electron chi connectivity index (χ2n) is 5.07. The summed E-state index contributed by atoms with van der Waals surface area (Å²) in [4.78, 5) is 25.1. The molecule has 0 spiro atoms. The van der Waals surface area contributed by atoms with Gasteiger partial charge < -0.3 is 15.0 Å². The van der Waals surface area contributed by atoms with Crippen LogP contribution in [0.5, 0.6) is 5.75 Å². The first-order valence-electron chi connectivity index (χ1n) is 6.95. The average molecular weight is 333 g/mol. The molecule has 120 valence electrons.